The van der Waals surface area contributed by atoms with E-state index in [0.29, 0.717) is 5.76 Å². The van der Waals surface area contributed by atoms with Crippen LogP contribution < -0.4 is 5.32 Å². The van der Waals surface area contributed by atoms with Gasteiger partial charge in [-0.25, -0.2) is 0 Å². The van der Waals surface area contributed by atoms with Crippen LogP contribution >= 0.6 is 0 Å². The normalized spacial score (nSPS) is 15.7. The first-order valence-corrected chi connectivity index (χ1v) is 7.89. The van der Waals surface area contributed by atoms with Gasteiger partial charge in [-0.2, -0.15) is 0 Å². The van der Waals surface area contributed by atoms with Gasteiger partial charge in [-0.1, -0.05) is 26.2 Å². The summed E-state index contributed by atoms with van der Waals surface area (Å²) in [6.07, 6.45) is 7.20. The molecule has 0 aliphatic carbocycles. The van der Waals surface area contributed by atoms with E-state index in [9.17, 15) is 4.79 Å². The highest BCUT2D eigenvalue weighted by atomic mass is 16.4. The van der Waals surface area contributed by atoms with Crippen molar-refractivity contribution >= 4 is 5.91 Å². The molecular formula is C16H26N2O2. The van der Waals surface area contributed by atoms with Gasteiger partial charge in [0, 0.05) is 6.54 Å². The van der Waals surface area contributed by atoms with Crippen LogP contribution in [0, 0.1) is 0 Å². The molecule has 1 aromatic rings. The summed E-state index contributed by atoms with van der Waals surface area (Å²) < 4.78 is 5.63. The first kappa shape index (κ1) is 15.1. The number of nitrogens with zero attached hydrogens (tertiary/aromatic N) is 1. The molecule has 1 aliphatic rings. The molecule has 0 spiro atoms. The van der Waals surface area contributed by atoms with E-state index in [1.807, 2.05) is 6.07 Å². The second-order valence-corrected chi connectivity index (χ2v) is 5.57. The zero-order valence-corrected chi connectivity index (χ0v) is 12.5. The SMILES string of the molecule is CCCCCCNC(=O)c1ccc(CN2CCCC2)o1. The highest BCUT2D eigenvalue weighted by Gasteiger charge is 2.15. The molecule has 0 bridgehead atoms. The molecule has 1 aliphatic heterocycles. The largest absolute Gasteiger partial charge is 0.455 e. The summed E-state index contributed by atoms with van der Waals surface area (Å²) in [7, 11) is 0. The minimum Gasteiger partial charge on any atom is -0.455 e. The highest BCUT2D eigenvalue weighted by Crippen LogP contribution is 2.15. The standard InChI is InChI=1S/C16H26N2O2/c1-2-3-4-5-10-17-16(19)15-9-8-14(20-15)13-18-11-6-7-12-18/h8-9H,2-7,10-13H2,1H3,(H,17,19). The number of carbonyl (C=O) groups is 1. The van der Waals surface area contributed by atoms with Gasteiger partial charge < -0.3 is 9.73 Å². The Morgan fingerprint density at radius 3 is 2.80 bits per heavy atom. The molecule has 112 valence electrons. The van der Waals surface area contributed by atoms with Crippen molar-refractivity contribution in [2.24, 2.45) is 0 Å². The molecule has 0 atom stereocenters. The van der Waals surface area contributed by atoms with Crippen LogP contribution in [-0.2, 0) is 6.54 Å². The first-order chi connectivity index (χ1) is 9.79. The number of hydrogen-bond donors (Lipinski definition) is 1. The molecule has 0 radical (unpaired) electrons. The minimum atomic E-state index is -0.0887. The summed E-state index contributed by atoms with van der Waals surface area (Å²) in [5, 5.41) is 2.92. The maximum absolute atomic E-state index is 11.9. The Kier molecular flexibility index (Phi) is 6.12. The van der Waals surface area contributed by atoms with Crippen molar-refractivity contribution in [3.8, 4) is 0 Å². The van der Waals surface area contributed by atoms with Crippen LogP contribution in [0.2, 0.25) is 0 Å². The van der Waals surface area contributed by atoms with Gasteiger partial charge in [-0.3, -0.25) is 9.69 Å². The van der Waals surface area contributed by atoms with Gasteiger partial charge >= 0.3 is 0 Å². The molecule has 1 saturated heterocycles. The number of hydrogen-bond acceptors (Lipinski definition) is 3. The fourth-order valence-corrected chi connectivity index (χ4v) is 2.59. The Morgan fingerprint density at radius 1 is 1.25 bits per heavy atom. The van der Waals surface area contributed by atoms with Gasteiger partial charge in [0.05, 0.1) is 6.54 Å². The predicted molar refractivity (Wildman–Crippen MR) is 79.7 cm³/mol. The number of carbonyl (C=O) groups excluding carboxylic acids is 1. The predicted octanol–water partition coefficient (Wildman–Crippen LogP) is 3.19. The zero-order chi connectivity index (χ0) is 14.2. The smallest absolute Gasteiger partial charge is 0.286 e. The van der Waals surface area contributed by atoms with Crippen molar-refractivity contribution in [2.45, 2.75) is 52.0 Å². The van der Waals surface area contributed by atoms with Crippen LogP contribution in [0.4, 0.5) is 0 Å². The summed E-state index contributed by atoms with van der Waals surface area (Å²) in [6.45, 7) is 6.02. The Morgan fingerprint density at radius 2 is 2.05 bits per heavy atom. The molecule has 2 rings (SSSR count). The van der Waals surface area contributed by atoms with Crippen LogP contribution in [0.15, 0.2) is 16.5 Å². The van der Waals surface area contributed by atoms with Gasteiger partial charge in [-0.05, 0) is 44.5 Å². The van der Waals surface area contributed by atoms with E-state index in [4.69, 9.17) is 4.42 Å². The van der Waals surface area contributed by atoms with Crippen LogP contribution in [0.3, 0.4) is 0 Å². The minimum absolute atomic E-state index is 0.0887. The first-order valence-electron chi connectivity index (χ1n) is 7.89. The van der Waals surface area contributed by atoms with Crippen molar-refractivity contribution in [3.05, 3.63) is 23.7 Å². The summed E-state index contributed by atoms with van der Waals surface area (Å²) >= 11 is 0. The molecule has 4 heteroatoms. The third kappa shape index (κ3) is 4.67. The van der Waals surface area contributed by atoms with Crippen molar-refractivity contribution < 1.29 is 9.21 Å². The lowest BCUT2D eigenvalue weighted by molar-refractivity contribution is 0.0922. The van der Waals surface area contributed by atoms with Crippen molar-refractivity contribution in [2.75, 3.05) is 19.6 Å². The Labute approximate surface area is 121 Å². The van der Waals surface area contributed by atoms with E-state index >= 15 is 0 Å². The zero-order valence-electron chi connectivity index (χ0n) is 12.5. The summed E-state index contributed by atoms with van der Waals surface area (Å²) in [5.41, 5.74) is 0. The molecule has 1 amide bonds. The third-order valence-corrected chi connectivity index (χ3v) is 3.78. The average Bonchev–Trinajstić information content (AvgIpc) is 3.10. The molecule has 0 aromatic carbocycles. The second-order valence-electron chi connectivity index (χ2n) is 5.57. The molecule has 2 heterocycles. The summed E-state index contributed by atoms with van der Waals surface area (Å²) in [5.74, 6) is 1.24. The maximum atomic E-state index is 11.9. The van der Waals surface area contributed by atoms with Crippen molar-refractivity contribution in [1.29, 1.82) is 0 Å². The fourth-order valence-electron chi connectivity index (χ4n) is 2.59. The molecule has 4 nitrogen and oxygen atoms in total. The van der Waals surface area contributed by atoms with E-state index in [1.165, 1.54) is 32.1 Å². The lowest BCUT2D eigenvalue weighted by Gasteiger charge is -2.11. The van der Waals surface area contributed by atoms with Gasteiger partial charge in [0.15, 0.2) is 5.76 Å². The molecule has 1 fully saturated rings. The van der Waals surface area contributed by atoms with E-state index in [0.717, 1.165) is 38.4 Å². The van der Waals surface area contributed by atoms with Gasteiger partial charge in [0.1, 0.15) is 5.76 Å². The van der Waals surface area contributed by atoms with Crippen molar-refractivity contribution in [3.63, 3.8) is 0 Å². The van der Waals surface area contributed by atoms with Crippen molar-refractivity contribution in [1.82, 2.24) is 10.2 Å². The lowest BCUT2D eigenvalue weighted by atomic mass is 10.2. The maximum Gasteiger partial charge on any atom is 0.286 e. The summed E-state index contributed by atoms with van der Waals surface area (Å²) in [6, 6.07) is 3.71. The topological polar surface area (TPSA) is 45.5 Å². The number of nitrogens with one attached hydrogen (secondary N) is 1. The van der Waals surface area contributed by atoms with E-state index in [2.05, 4.69) is 17.1 Å². The Hall–Kier alpha value is -1.29. The molecule has 1 aromatic heterocycles. The molecule has 0 unspecified atom stereocenters. The van der Waals surface area contributed by atoms with E-state index in [-0.39, 0.29) is 5.91 Å². The third-order valence-electron chi connectivity index (χ3n) is 3.78. The number of amides is 1. The molecule has 1 N–H and O–H groups in total. The monoisotopic (exact) mass is 278 g/mol. The van der Waals surface area contributed by atoms with Crippen LogP contribution in [0.5, 0.6) is 0 Å². The lowest BCUT2D eigenvalue weighted by Crippen LogP contribution is -2.24. The van der Waals surface area contributed by atoms with Crippen LogP contribution in [0.25, 0.3) is 0 Å². The number of furan rings is 1. The Balaban J connectivity index is 1.71. The van der Waals surface area contributed by atoms with Crippen LogP contribution in [0.1, 0.15) is 61.8 Å². The average molecular weight is 278 g/mol. The fraction of sp³-hybridized carbons (Fsp3) is 0.688. The number of likely N-dealkylation sites (tertiary alicyclic amines) is 1. The van der Waals surface area contributed by atoms with Gasteiger partial charge in [-0.15, -0.1) is 0 Å². The van der Waals surface area contributed by atoms with Gasteiger partial charge in [0.2, 0.25) is 0 Å². The highest BCUT2D eigenvalue weighted by molar-refractivity contribution is 5.91. The summed E-state index contributed by atoms with van der Waals surface area (Å²) in [4.78, 5) is 14.3. The number of rotatable bonds is 8. The van der Waals surface area contributed by atoms with Crippen LogP contribution in [-0.4, -0.2) is 30.4 Å². The molecule has 20 heavy (non-hydrogen) atoms. The van der Waals surface area contributed by atoms with Gasteiger partial charge in [0.25, 0.3) is 5.91 Å². The molecule has 0 saturated carbocycles. The van der Waals surface area contributed by atoms with E-state index < -0.39 is 0 Å². The number of unbranched alkanes of at least 4 members (excludes halogenated alkanes) is 3. The molecular weight excluding hydrogens is 252 g/mol. The Bertz CT molecular complexity index is 408. The van der Waals surface area contributed by atoms with E-state index in [1.54, 1.807) is 6.07 Å². The quantitative estimate of drug-likeness (QED) is 0.743. The second kappa shape index (κ2) is 8.10.